The van der Waals surface area contributed by atoms with Crippen LogP contribution in [0.4, 0.5) is 5.82 Å². The third-order valence-electron chi connectivity index (χ3n) is 2.76. The Hall–Kier alpha value is -2.43. The van der Waals surface area contributed by atoms with Crippen molar-refractivity contribution in [3.05, 3.63) is 53.2 Å². The highest BCUT2D eigenvalue weighted by Crippen LogP contribution is 2.13. The summed E-state index contributed by atoms with van der Waals surface area (Å²) in [6.45, 7) is 2.74. The van der Waals surface area contributed by atoms with Crippen LogP contribution in [-0.4, -0.2) is 28.3 Å². The first kappa shape index (κ1) is 13.0. The Balaban J connectivity index is 2.11. The third-order valence-corrected chi connectivity index (χ3v) is 2.76. The van der Waals surface area contributed by atoms with Crippen LogP contribution in [0.25, 0.3) is 0 Å². The number of aromatic carboxylic acids is 1. The van der Waals surface area contributed by atoms with Gasteiger partial charge in [-0.15, -0.1) is 10.2 Å². The maximum atomic E-state index is 10.7. The van der Waals surface area contributed by atoms with E-state index in [4.69, 9.17) is 5.11 Å². The van der Waals surface area contributed by atoms with Gasteiger partial charge in [-0.25, -0.2) is 4.79 Å². The molecule has 0 atom stereocenters. The van der Waals surface area contributed by atoms with E-state index in [-0.39, 0.29) is 5.69 Å². The number of aryl methyl sites for hydroxylation is 1. The van der Waals surface area contributed by atoms with Gasteiger partial charge in [0.05, 0.1) is 0 Å². The molecule has 0 bridgehead atoms. The lowest BCUT2D eigenvalue weighted by Gasteiger charge is -2.17. The van der Waals surface area contributed by atoms with Gasteiger partial charge in [0.25, 0.3) is 0 Å². The molecule has 1 aromatic heterocycles. The van der Waals surface area contributed by atoms with Crippen LogP contribution >= 0.6 is 0 Å². The van der Waals surface area contributed by atoms with Crippen LogP contribution in [0.2, 0.25) is 0 Å². The van der Waals surface area contributed by atoms with Gasteiger partial charge in [0.2, 0.25) is 0 Å². The molecule has 98 valence electrons. The number of hydrogen-bond acceptors (Lipinski definition) is 4. The van der Waals surface area contributed by atoms with Crippen LogP contribution in [0.1, 0.15) is 21.6 Å². The van der Waals surface area contributed by atoms with E-state index in [1.165, 1.54) is 17.2 Å². The molecule has 0 spiro atoms. The molecule has 0 aliphatic heterocycles. The lowest BCUT2D eigenvalue weighted by molar-refractivity contribution is 0.0689. The van der Waals surface area contributed by atoms with Crippen LogP contribution in [-0.2, 0) is 6.54 Å². The fraction of sp³-hybridized carbons (Fsp3) is 0.214. The van der Waals surface area contributed by atoms with E-state index < -0.39 is 5.97 Å². The molecule has 0 radical (unpaired) electrons. The average Bonchev–Trinajstić information content (AvgIpc) is 2.39. The predicted molar refractivity (Wildman–Crippen MR) is 72.3 cm³/mol. The summed E-state index contributed by atoms with van der Waals surface area (Å²) in [5, 5.41) is 16.3. The van der Waals surface area contributed by atoms with Gasteiger partial charge in [0.1, 0.15) is 0 Å². The summed E-state index contributed by atoms with van der Waals surface area (Å²) in [4.78, 5) is 12.6. The summed E-state index contributed by atoms with van der Waals surface area (Å²) >= 11 is 0. The minimum atomic E-state index is -1.07. The highest BCUT2D eigenvalue weighted by molar-refractivity contribution is 5.85. The number of nitrogens with zero attached hydrogens (tertiary/aromatic N) is 3. The lowest BCUT2D eigenvalue weighted by atomic mass is 10.1. The summed E-state index contributed by atoms with van der Waals surface area (Å²) < 4.78 is 0. The Morgan fingerprint density at radius 2 is 2.05 bits per heavy atom. The van der Waals surface area contributed by atoms with Crippen molar-refractivity contribution in [2.45, 2.75) is 13.5 Å². The normalized spacial score (nSPS) is 10.2. The summed E-state index contributed by atoms with van der Waals surface area (Å²) in [6, 6.07) is 11.3. The van der Waals surface area contributed by atoms with E-state index >= 15 is 0 Å². The summed E-state index contributed by atoms with van der Waals surface area (Å²) in [5.41, 5.74) is 2.33. The van der Waals surface area contributed by atoms with Crippen molar-refractivity contribution < 1.29 is 9.90 Å². The predicted octanol–water partition coefficient (Wildman–Crippen LogP) is 2.12. The number of carbonyl (C=O) groups is 1. The van der Waals surface area contributed by atoms with E-state index in [0.717, 1.165) is 0 Å². The minimum absolute atomic E-state index is 0.0484. The molecule has 1 aromatic carbocycles. The lowest BCUT2D eigenvalue weighted by Crippen LogP contribution is -2.18. The molecule has 0 unspecified atom stereocenters. The zero-order valence-corrected chi connectivity index (χ0v) is 10.9. The molecule has 1 heterocycles. The first-order chi connectivity index (χ1) is 9.06. The Kier molecular flexibility index (Phi) is 3.75. The van der Waals surface area contributed by atoms with Crippen molar-refractivity contribution in [1.29, 1.82) is 0 Å². The first-order valence-electron chi connectivity index (χ1n) is 5.90. The van der Waals surface area contributed by atoms with E-state index in [9.17, 15) is 4.79 Å². The molecule has 0 aliphatic rings. The van der Waals surface area contributed by atoms with Crippen molar-refractivity contribution in [2.75, 3.05) is 11.9 Å². The number of carboxylic acids is 1. The van der Waals surface area contributed by atoms with Crippen molar-refractivity contribution in [2.24, 2.45) is 0 Å². The summed E-state index contributed by atoms with van der Waals surface area (Å²) in [7, 11) is 1.90. The van der Waals surface area contributed by atoms with Crippen molar-refractivity contribution in [1.82, 2.24) is 10.2 Å². The van der Waals surface area contributed by atoms with Gasteiger partial charge in [0.15, 0.2) is 11.5 Å². The van der Waals surface area contributed by atoms with Gasteiger partial charge in [0, 0.05) is 13.6 Å². The third kappa shape index (κ3) is 3.28. The van der Waals surface area contributed by atoms with Gasteiger partial charge in [-0.2, -0.15) is 0 Å². The quantitative estimate of drug-likeness (QED) is 0.908. The molecule has 0 saturated heterocycles. The average molecular weight is 257 g/mol. The number of rotatable bonds is 4. The molecule has 0 saturated carbocycles. The fourth-order valence-corrected chi connectivity index (χ4v) is 1.81. The number of hydrogen-bond donors (Lipinski definition) is 1. The number of anilines is 1. The molecule has 0 aliphatic carbocycles. The number of benzene rings is 1. The van der Waals surface area contributed by atoms with E-state index in [1.807, 2.05) is 37.1 Å². The van der Waals surface area contributed by atoms with Gasteiger partial charge >= 0.3 is 5.97 Å². The second-order valence-corrected chi connectivity index (χ2v) is 4.43. The second kappa shape index (κ2) is 5.48. The number of aromatic nitrogens is 2. The van der Waals surface area contributed by atoms with E-state index in [0.29, 0.717) is 12.4 Å². The number of carboxylic acid groups (broad SMARTS) is 1. The molecule has 2 rings (SSSR count). The SMILES string of the molecule is Cc1cccc(CN(C)c2ccc(C(=O)O)nn2)c1. The maximum absolute atomic E-state index is 10.7. The maximum Gasteiger partial charge on any atom is 0.356 e. The highest BCUT2D eigenvalue weighted by atomic mass is 16.4. The Morgan fingerprint density at radius 1 is 1.26 bits per heavy atom. The zero-order chi connectivity index (χ0) is 13.8. The molecule has 1 N–H and O–H groups in total. The monoisotopic (exact) mass is 257 g/mol. The van der Waals surface area contributed by atoms with Gasteiger partial charge in [-0.05, 0) is 24.6 Å². The van der Waals surface area contributed by atoms with Crippen molar-refractivity contribution in [3.63, 3.8) is 0 Å². The molecule has 19 heavy (non-hydrogen) atoms. The largest absolute Gasteiger partial charge is 0.476 e. The molecular weight excluding hydrogens is 242 g/mol. The van der Waals surface area contributed by atoms with Crippen LogP contribution in [0.5, 0.6) is 0 Å². The molecule has 5 nitrogen and oxygen atoms in total. The van der Waals surface area contributed by atoms with Gasteiger partial charge < -0.3 is 10.0 Å². The molecule has 0 fully saturated rings. The van der Waals surface area contributed by atoms with Gasteiger partial charge in [-0.1, -0.05) is 29.8 Å². The molecule has 5 heteroatoms. The minimum Gasteiger partial charge on any atom is -0.476 e. The summed E-state index contributed by atoms with van der Waals surface area (Å²) in [5.74, 6) is -0.424. The van der Waals surface area contributed by atoms with Crippen LogP contribution in [0, 0.1) is 6.92 Å². The standard InChI is InChI=1S/C14H15N3O2/c1-10-4-3-5-11(8-10)9-17(2)13-7-6-12(14(18)19)15-16-13/h3-8H,9H2,1-2H3,(H,18,19). The molecule has 0 amide bonds. The van der Waals surface area contributed by atoms with Crippen LogP contribution in [0.15, 0.2) is 36.4 Å². The topological polar surface area (TPSA) is 66.3 Å². The Bertz CT molecular complexity index is 581. The first-order valence-corrected chi connectivity index (χ1v) is 5.90. The van der Waals surface area contributed by atoms with Crippen LogP contribution < -0.4 is 4.90 Å². The van der Waals surface area contributed by atoms with E-state index in [2.05, 4.69) is 16.3 Å². The van der Waals surface area contributed by atoms with Crippen molar-refractivity contribution in [3.8, 4) is 0 Å². The van der Waals surface area contributed by atoms with Gasteiger partial charge in [-0.3, -0.25) is 0 Å². The Labute approximate surface area is 111 Å². The van der Waals surface area contributed by atoms with Crippen LogP contribution in [0.3, 0.4) is 0 Å². The molecule has 2 aromatic rings. The molecular formula is C14H15N3O2. The smallest absolute Gasteiger partial charge is 0.356 e. The summed E-state index contributed by atoms with van der Waals surface area (Å²) in [6.07, 6.45) is 0. The Morgan fingerprint density at radius 3 is 2.63 bits per heavy atom. The van der Waals surface area contributed by atoms with E-state index in [1.54, 1.807) is 6.07 Å². The second-order valence-electron chi connectivity index (χ2n) is 4.43. The zero-order valence-electron chi connectivity index (χ0n) is 10.9. The highest BCUT2D eigenvalue weighted by Gasteiger charge is 2.08. The van der Waals surface area contributed by atoms with Crippen molar-refractivity contribution >= 4 is 11.8 Å². The fourth-order valence-electron chi connectivity index (χ4n) is 1.81.